The van der Waals surface area contributed by atoms with Crippen molar-refractivity contribution >= 4 is 11.9 Å². The molecule has 1 amide bonds. The fraction of sp³-hybridized carbons (Fsp3) is 0.538. The van der Waals surface area contributed by atoms with Crippen molar-refractivity contribution in [1.29, 1.82) is 0 Å². The van der Waals surface area contributed by atoms with Gasteiger partial charge < -0.3 is 14.5 Å². The van der Waals surface area contributed by atoms with Gasteiger partial charge in [0.1, 0.15) is 11.4 Å². The summed E-state index contributed by atoms with van der Waals surface area (Å²) in [6.45, 7) is 8.67. The highest BCUT2D eigenvalue weighted by molar-refractivity contribution is 5.69. The van der Waals surface area contributed by atoms with Gasteiger partial charge in [0.05, 0.1) is 0 Å². The van der Waals surface area contributed by atoms with Gasteiger partial charge in [-0.05, 0) is 70.1 Å². The zero-order valence-electron chi connectivity index (χ0n) is 19.0. The summed E-state index contributed by atoms with van der Waals surface area (Å²) in [5.74, 6) is 2.14. The van der Waals surface area contributed by atoms with E-state index >= 15 is 0 Å². The topological polar surface area (TPSA) is 45.7 Å². The summed E-state index contributed by atoms with van der Waals surface area (Å²) in [5.41, 5.74) is 0.852. The number of aromatic nitrogens is 1. The van der Waals surface area contributed by atoms with Crippen molar-refractivity contribution in [1.82, 2.24) is 9.88 Å². The van der Waals surface area contributed by atoms with Gasteiger partial charge in [-0.15, -0.1) is 0 Å². The fourth-order valence-corrected chi connectivity index (χ4v) is 4.61. The molecule has 2 heterocycles. The van der Waals surface area contributed by atoms with E-state index in [0.29, 0.717) is 11.8 Å². The second-order valence-corrected chi connectivity index (χ2v) is 9.90. The summed E-state index contributed by atoms with van der Waals surface area (Å²) in [6.07, 6.45) is 6.05. The molecule has 4 rings (SSSR count). The van der Waals surface area contributed by atoms with E-state index in [0.717, 1.165) is 51.1 Å². The van der Waals surface area contributed by atoms with Crippen LogP contribution in [0.5, 0.6) is 0 Å². The first kappa shape index (κ1) is 21.7. The zero-order chi connectivity index (χ0) is 21.8. The number of carbonyl (C=O) groups excluding carboxylic acids is 1. The van der Waals surface area contributed by atoms with Crippen molar-refractivity contribution in [2.75, 3.05) is 24.5 Å². The van der Waals surface area contributed by atoms with Crippen molar-refractivity contribution in [2.24, 2.45) is 5.92 Å². The Labute approximate surface area is 186 Å². The van der Waals surface area contributed by atoms with Gasteiger partial charge in [0.25, 0.3) is 0 Å². The van der Waals surface area contributed by atoms with Crippen LogP contribution in [-0.4, -0.2) is 47.3 Å². The fourth-order valence-electron chi connectivity index (χ4n) is 4.61. The predicted molar refractivity (Wildman–Crippen MR) is 124 cm³/mol. The molecule has 0 spiro atoms. The summed E-state index contributed by atoms with van der Waals surface area (Å²) >= 11 is 0. The third-order valence-corrected chi connectivity index (χ3v) is 6.38. The Morgan fingerprint density at radius 1 is 1.10 bits per heavy atom. The lowest BCUT2D eigenvalue weighted by Crippen LogP contribution is -2.41. The number of hydrogen-bond acceptors (Lipinski definition) is 4. The van der Waals surface area contributed by atoms with Crippen molar-refractivity contribution < 1.29 is 9.53 Å². The summed E-state index contributed by atoms with van der Waals surface area (Å²) < 4.78 is 5.77. The predicted octanol–water partition coefficient (Wildman–Crippen LogP) is 5.48. The minimum Gasteiger partial charge on any atom is -0.444 e. The molecule has 0 N–H and O–H groups in total. The van der Waals surface area contributed by atoms with Crippen LogP contribution in [0, 0.1) is 5.92 Å². The molecule has 0 unspecified atom stereocenters. The van der Waals surface area contributed by atoms with Crippen molar-refractivity contribution in [2.45, 2.75) is 64.0 Å². The molecule has 5 heteroatoms. The molecule has 2 atom stereocenters. The second-order valence-electron chi connectivity index (χ2n) is 9.90. The molecule has 166 valence electrons. The first-order valence-electron chi connectivity index (χ1n) is 11.6. The third kappa shape index (κ3) is 5.78. The average Bonchev–Trinajstić information content (AvgIpc) is 3.55. The molecule has 1 saturated heterocycles. The Bertz CT molecular complexity index is 842. The van der Waals surface area contributed by atoms with Crippen LogP contribution < -0.4 is 4.90 Å². The van der Waals surface area contributed by atoms with E-state index in [1.165, 1.54) is 5.56 Å². The van der Waals surface area contributed by atoms with Gasteiger partial charge in [0, 0.05) is 37.8 Å². The van der Waals surface area contributed by atoms with Crippen LogP contribution in [0.15, 0.2) is 54.7 Å². The van der Waals surface area contributed by atoms with E-state index in [-0.39, 0.29) is 12.1 Å². The Morgan fingerprint density at radius 3 is 2.45 bits per heavy atom. The molecule has 0 bridgehead atoms. The van der Waals surface area contributed by atoms with E-state index < -0.39 is 5.60 Å². The van der Waals surface area contributed by atoms with Gasteiger partial charge in [-0.2, -0.15) is 0 Å². The Hall–Kier alpha value is -2.56. The molecular formula is C26H35N3O2. The molecular weight excluding hydrogens is 386 g/mol. The maximum absolute atomic E-state index is 13.0. The number of pyridine rings is 1. The largest absolute Gasteiger partial charge is 0.444 e. The molecule has 1 aromatic carbocycles. The number of nitrogens with zero attached hydrogens (tertiary/aromatic N) is 3. The molecule has 2 aromatic rings. The van der Waals surface area contributed by atoms with Crippen LogP contribution in [0.1, 0.15) is 57.9 Å². The van der Waals surface area contributed by atoms with Gasteiger partial charge in [-0.3, -0.25) is 0 Å². The number of rotatable bonds is 6. The first-order valence-corrected chi connectivity index (χ1v) is 11.6. The number of carbonyl (C=O) groups is 1. The Kier molecular flexibility index (Phi) is 6.49. The van der Waals surface area contributed by atoms with Gasteiger partial charge in [0.15, 0.2) is 0 Å². The number of piperidine rings is 1. The van der Waals surface area contributed by atoms with Gasteiger partial charge >= 0.3 is 6.09 Å². The van der Waals surface area contributed by atoms with Crippen molar-refractivity contribution in [3.63, 3.8) is 0 Å². The summed E-state index contributed by atoms with van der Waals surface area (Å²) in [4.78, 5) is 21.9. The van der Waals surface area contributed by atoms with Crippen LogP contribution in [0.3, 0.4) is 0 Å². The van der Waals surface area contributed by atoms with E-state index in [1.807, 2.05) is 50.1 Å². The second kappa shape index (κ2) is 9.29. The monoisotopic (exact) mass is 421 g/mol. The normalized spacial score (nSPS) is 21.6. The minimum absolute atomic E-state index is 0.165. The van der Waals surface area contributed by atoms with E-state index in [1.54, 1.807) is 0 Å². The number of amides is 1. The summed E-state index contributed by atoms with van der Waals surface area (Å²) in [7, 11) is 0. The molecule has 31 heavy (non-hydrogen) atoms. The summed E-state index contributed by atoms with van der Waals surface area (Å²) in [6, 6.07) is 16.9. The Morgan fingerprint density at radius 2 is 1.81 bits per heavy atom. The van der Waals surface area contributed by atoms with Crippen LogP contribution >= 0.6 is 0 Å². The quantitative estimate of drug-likeness (QED) is 0.619. The third-order valence-electron chi connectivity index (χ3n) is 6.38. The standard InChI is InChI=1S/C26H35N3O2/c1-26(2,3)31-25(30)29(23-19-22(23)21-9-5-4-6-10-21)18-14-20-12-16-28(17-13-20)24-11-7-8-15-27-24/h4-11,15,20,22-23H,12-14,16-19H2,1-3H3/t22-,23+/m0/s1. The molecule has 2 fully saturated rings. The lowest BCUT2D eigenvalue weighted by molar-refractivity contribution is 0.0217. The molecule has 2 aliphatic rings. The highest BCUT2D eigenvalue weighted by Crippen LogP contribution is 2.45. The number of hydrogen-bond donors (Lipinski definition) is 0. The highest BCUT2D eigenvalue weighted by Gasteiger charge is 2.45. The molecule has 1 aliphatic carbocycles. The maximum atomic E-state index is 13.0. The molecule has 5 nitrogen and oxygen atoms in total. The first-order chi connectivity index (χ1) is 14.9. The van der Waals surface area contributed by atoms with Crippen molar-refractivity contribution in [3.05, 3.63) is 60.3 Å². The molecule has 1 aliphatic heterocycles. The van der Waals surface area contributed by atoms with E-state index in [4.69, 9.17) is 4.74 Å². The number of anilines is 1. The van der Waals surface area contributed by atoms with Gasteiger partial charge in [0.2, 0.25) is 0 Å². The number of benzene rings is 1. The lowest BCUT2D eigenvalue weighted by atomic mass is 9.93. The van der Waals surface area contributed by atoms with Crippen LogP contribution in [-0.2, 0) is 4.74 Å². The zero-order valence-corrected chi connectivity index (χ0v) is 19.0. The van der Waals surface area contributed by atoms with Crippen LogP contribution in [0.25, 0.3) is 0 Å². The van der Waals surface area contributed by atoms with E-state index in [2.05, 4.69) is 40.2 Å². The molecule has 0 radical (unpaired) electrons. The van der Waals surface area contributed by atoms with Gasteiger partial charge in [-0.1, -0.05) is 36.4 Å². The lowest BCUT2D eigenvalue weighted by Gasteiger charge is -2.34. The maximum Gasteiger partial charge on any atom is 0.410 e. The summed E-state index contributed by atoms with van der Waals surface area (Å²) in [5, 5.41) is 0. The average molecular weight is 422 g/mol. The smallest absolute Gasteiger partial charge is 0.410 e. The molecule has 1 saturated carbocycles. The number of ether oxygens (including phenoxy) is 1. The highest BCUT2D eigenvalue weighted by atomic mass is 16.6. The Balaban J connectivity index is 1.34. The van der Waals surface area contributed by atoms with Crippen LogP contribution in [0.2, 0.25) is 0 Å². The minimum atomic E-state index is -0.472. The van der Waals surface area contributed by atoms with Crippen molar-refractivity contribution in [3.8, 4) is 0 Å². The van der Waals surface area contributed by atoms with Crippen LogP contribution in [0.4, 0.5) is 10.6 Å². The SMILES string of the molecule is CC(C)(C)OC(=O)N(CCC1CCN(c2ccccn2)CC1)[C@@H]1C[C@H]1c1ccccc1. The molecule has 1 aromatic heterocycles. The van der Waals surface area contributed by atoms with Gasteiger partial charge in [-0.25, -0.2) is 9.78 Å². The van der Waals surface area contributed by atoms with E-state index in [9.17, 15) is 4.79 Å².